The lowest BCUT2D eigenvalue weighted by atomic mass is 10.3. The fourth-order valence-electron chi connectivity index (χ4n) is 1.59. The Balaban J connectivity index is 2.23. The Bertz CT molecular complexity index is 310. The topological polar surface area (TPSA) is 46.3 Å². The zero-order chi connectivity index (χ0) is 9.26. The fraction of sp³-hybridized carbons (Fsp3) is 0.300. The van der Waals surface area contributed by atoms with Crippen LogP contribution in [-0.2, 0) is 4.79 Å². The second-order valence-electron chi connectivity index (χ2n) is 3.30. The number of rotatable bonds is 1. The molecular formula is C10H12N2O. The summed E-state index contributed by atoms with van der Waals surface area (Å²) in [4.78, 5) is 13.2. The molecule has 0 unspecified atom stereocenters. The van der Waals surface area contributed by atoms with Crippen LogP contribution in [0.2, 0.25) is 0 Å². The molecule has 2 N–H and O–H groups in total. The van der Waals surface area contributed by atoms with Gasteiger partial charge in [0.15, 0.2) is 0 Å². The van der Waals surface area contributed by atoms with Crippen LogP contribution in [0, 0.1) is 0 Å². The van der Waals surface area contributed by atoms with Crippen molar-refractivity contribution in [3.05, 3.63) is 30.3 Å². The maximum atomic E-state index is 11.4. The summed E-state index contributed by atoms with van der Waals surface area (Å²) in [6.45, 7) is 0.642. The number of hydrogen-bond acceptors (Lipinski definition) is 2. The molecule has 2 rings (SSSR count). The molecule has 0 spiro atoms. The van der Waals surface area contributed by atoms with Crippen molar-refractivity contribution >= 4 is 11.6 Å². The normalized spacial score (nSPS) is 22.4. The smallest absolute Gasteiger partial charge is 0.228 e. The van der Waals surface area contributed by atoms with Crippen molar-refractivity contribution in [3.63, 3.8) is 0 Å². The van der Waals surface area contributed by atoms with Gasteiger partial charge in [-0.2, -0.15) is 0 Å². The SMILES string of the molecule is N[C@@H]1CC(=O)N(c2ccccc2)C1. The molecule has 3 nitrogen and oxygen atoms in total. The van der Waals surface area contributed by atoms with Crippen LogP contribution in [0.25, 0.3) is 0 Å². The molecule has 0 bridgehead atoms. The molecule has 13 heavy (non-hydrogen) atoms. The third-order valence-electron chi connectivity index (χ3n) is 2.22. The van der Waals surface area contributed by atoms with E-state index < -0.39 is 0 Å². The van der Waals surface area contributed by atoms with Gasteiger partial charge in [0.1, 0.15) is 0 Å². The van der Waals surface area contributed by atoms with Crippen molar-refractivity contribution in [3.8, 4) is 0 Å². The minimum atomic E-state index is -0.00675. The highest BCUT2D eigenvalue weighted by molar-refractivity contribution is 5.96. The Morgan fingerprint density at radius 1 is 1.31 bits per heavy atom. The predicted molar refractivity (Wildman–Crippen MR) is 51.4 cm³/mol. The molecule has 1 atom stereocenters. The molecular weight excluding hydrogens is 164 g/mol. The van der Waals surface area contributed by atoms with Gasteiger partial charge in [-0.05, 0) is 12.1 Å². The summed E-state index contributed by atoms with van der Waals surface area (Å²) >= 11 is 0. The van der Waals surface area contributed by atoms with E-state index in [1.807, 2.05) is 30.3 Å². The molecule has 0 saturated carbocycles. The van der Waals surface area contributed by atoms with Gasteiger partial charge < -0.3 is 10.6 Å². The van der Waals surface area contributed by atoms with Crippen molar-refractivity contribution in [2.75, 3.05) is 11.4 Å². The van der Waals surface area contributed by atoms with Crippen LogP contribution in [0.5, 0.6) is 0 Å². The molecule has 1 fully saturated rings. The average molecular weight is 176 g/mol. The molecule has 0 aliphatic carbocycles. The first-order chi connectivity index (χ1) is 6.27. The summed E-state index contributed by atoms with van der Waals surface area (Å²) in [6, 6.07) is 9.63. The summed E-state index contributed by atoms with van der Waals surface area (Å²) in [7, 11) is 0. The van der Waals surface area contributed by atoms with Gasteiger partial charge in [-0.1, -0.05) is 18.2 Å². The highest BCUT2D eigenvalue weighted by Gasteiger charge is 2.27. The lowest BCUT2D eigenvalue weighted by Crippen LogP contribution is -2.27. The number of anilines is 1. The van der Waals surface area contributed by atoms with Gasteiger partial charge in [0.05, 0.1) is 0 Å². The first-order valence-electron chi connectivity index (χ1n) is 4.38. The number of hydrogen-bond donors (Lipinski definition) is 1. The van der Waals surface area contributed by atoms with E-state index >= 15 is 0 Å². The number of benzene rings is 1. The van der Waals surface area contributed by atoms with Crippen molar-refractivity contribution in [1.82, 2.24) is 0 Å². The van der Waals surface area contributed by atoms with E-state index in [1.165, 1.54) is 0 Å². The molecule has 1 aliphatic heterocycles. The quantitative estimate of drug-likeness (QED) is 0.686. The molecule has 1 heterocycles. The monoisotopic (exact) mass is 176 g/mol. The number of nitrogens with zero attached hydrogens (tertiary/aromatic N) is 1. The van der Waals surface area contributed by atoms with Crippen LogP contribution in [0.15, 0.2) is 30.3 Å². The zero-order valence-electron chi connectivity index (χ0n) is 7.31. The highest BCUT2D eigenvalue weighted by Crippen LogP contribution is 2.19. The molecule has 68 valence electrons. The lowest BCUT2D eigenvalue weighted by Gasteiger charge is -2.15. The minimum Gasteiger partial charge on any atom is -0.326 e. The molecule has 1 saturated heterocycles. The van der Waals surface area contributed by atoms with Gasteiger partial charge in [0.2, 0.25) is 5.91 Å². The van der Waals surface area contributed by atoms with Crippen LogP contribution in [0.1, 0.15) is 6.42 Å². The predicted octanol–water partition coefficient (Wildman–Crippen LogP) is 0.751. The second-order valence-corrected chi connectivity index (χ2v) is 3.30. The summed E-state index contributed by atoms with van der Waals surface area (Å²) in [5.41, 5.74) is 6.64. The van der Waals surface area contributed by atoms with Gasteiger partial charge >= 0.3 is 0 Å². The average Bonchev–Trinajstić information content (AvgIpc) is 2.47. The lowest BCUT2D eigenvalue weighted by molar-refractivity contribution is -0.117. The first kappa shape index (κ1) is 8.26. The van der Waals surface area contributed by atoms with Crippen LogP contribution >= 0.6 is 0 Å². The number of nitrogens with two attached hydrogens (primary N) is 1. The van der Waals surface area contributed by atoms with Gasteiger partial charge in [0, 0.05) is 24.7 Å². The Labute approximate surface area is 77.1 Å². The molecule has 1 aromatic rings. The summed E-state index contributed by atoms with van der Waals surface area (Å²) in [5.74, 6) is 0.124. The number of carbonyl (C=O) groups excluding carboxylic acids is 1. The van der Waals surface area contributed by atoms with E-state index in [1.54, 1.807) is 4.90 Å². The Kier molecular flexibility index (Phi) is 2.02. The largest absolute Gasteiger partial charge is 0.326 e. The Morgan fingerprint density at radius 2 is 2.00 bits per heavy atom. The van der Waals surface area contributed by atoms with Crippen molar-refractivity contribution < 1.29 is 4.79 Å². The van der Waals surface area contributed by atoms with Crippen molar-refractivity contribution in [2.45, 2.75) is 12.5 Å². The van der Waals surface area contributed by atoms with E-state index in [0.29, 0.717) is 13.0 Å². The van der Waals surface area contributed by atoms with Crippen molar-refractivity contribution in [1.29, 1.82) is 0 Å². The highest BCUT2D eigenvalue weighted by atomic mass is 16.2. The van der Waals surface area contributed by atoms with E-state index in [0.717, 1.165) is 5.69 Å². The van der Waals surface area contributed by atoms with E-state index in [4.69, 9.17) is 5.73 Å². The van der Waals surface area contributed by atoms with Gasteiger partial charge in [-0.25, -0.2) is 0 Å². The van der Waals surface area contributed by atoms with E-state index in [-0.39, 0.29) is 11.9 Å². The van der Waals surface area contributed by atoms with Crippen LogP contribution in [0.3, 0.4) is 0 Å². The summed E-state index contributed by atoms with van der Waals surface area (Å²) in [5, 5.41) is 0. The molecule has 1 aliphatic rings. The third-order valence-corrected chi connectivity index (χ3v) is 2.22. The fourth-order valence-corrected chi connectivity index (χ4v) is 1.59. The van der Waals surface area contributed by atoms with Crippen molar-refractivity contribution in [2.24, 2.45) is 5.73 Å². The maximum Gasteiger partial charge on any atom is 0.228 e. The molecule has 0 radical (unpaired) electrons. The third kappa shape index (κ3) is 1.55. The number of carbonyl (C=O) groups is 1. The molecule has 3 heteroatoms. The minimum absolute atomic E-state index is 0.00675. The zero-order valence-corrected chi connectivity index (χ0v) is 7.31. The van der Waals surface area contributed by atoms with E-state index in [9.17, 15) is 4.79 Å². The van der Waals surface area contributed by atoms with Crippen LogP contribution in [-0.4, -0.2) is 18.5 Å². The van der Waals surface area contributed by atoms with Crippen LogP contribution < -0.4 is 10.6 Å². The van der Waals surface area contributed by atoms with Gasteiger partial charge in [-0.15, -0.1) is 0 Å². The number of para-hydroxylation sites is 1. The van der Waals surface area contributed by atoms with Gasteiger partial charge in [-0.3, -0.25) is 4.79 Å². The van der Waals surface area contributed by atoms with Gasteiger partial charge in [0.25, 0.3) is 0 Å². The number of amides is 1. The summed E-state index contributed by atoms with van der Waals surface area (Å²) < 4.78 is 0. The second kappa shape index (κ2) is 3.18. The maximum absolute atomic E-state index is 11.4. The molecule has 1 aromatic carbocycles. The first-order valence-corrected chi connectivity index (χ1v) is 4.38. The van der Waals surface area contributed by atoms with Crippen LogP contribution in [0.4, 0.5) is 5.69 Å². The Morgan fingerprint density at radius 3 is 2.54 bits per heavy atom. The van der Waals surface area contributed by atoms with E-state index in [2.05, 4.69) is 0 Å². The molecule has 1 amide bonds. The standard InChI is InChI=1S/C10H12N2O/c11-8-6-10(13)12(7-8)9-4-2-1-3-5-9/h1-5,8H,6-7,11H2/t8-/m1/s1. The summed E-state index contributed by atoms with van der Waals surface area (Å²) in [6.07, 6.45) is 0.467. The Hall–Kier alpha value is -1.35. The molecule has 0 aromatic heterocycles.